The number of aromatic nitrogens is 3. The molecule has 0 radical (unpaired) electrons. The Morgan fingerprint density at radius 3 is 2.62 bits per heavy atom. The van der Waals surface area contributed by atoms with Crippen LogP contribution >= 0.6 is 11.3 Å². The molecule has 0 bridgehead atoms. The highest BCUT2D eigenvalue weighted by Crippen LogP contribution is 2.28. The smallest absolute Gasteiger partial charge is 0.296 e. The van der Waals surface area contributed by atoms with Crippen molar-refractivity contribution in [1.82, 2.24) is 14.6 Å². The van der Waals surface area contributed by atoms with E-state index in [2.05, 4.69) is 16.7 Å². The van der Waals surface area contributed by atoms with Gasteiger partial charge in [0.15, 0.2) is 11.5 Å². The van der Waals surface area contributed by atoms with Crippen LogP contribution in [0.5, 0.6) is 11.5 Å². The Morgan fingerprint density at radius 2 is 1.91 bits per heavy atom. The first kappa shape index (κ1) is 21.5. The quantitative estimate of drug-likeness (QED) is 0.405. The molecule has 0 saturated carbocycles. The standard InChI is InChI=1S/C24H21N3O4S/c1-4-11-31-19-10-9-17(13-20(19)30-3)14-21-23(29)27-24(32-21)25-22(28)18(26-27)12-16-7-5-15(2)6-8-16/h4-10,13-14H,1,11-12H2,2-3H3. The Labute approximate surface area is 187 Å². The molecule has 2 aromatic heterocycles. The molecule has 32 heavy (non-hydrogen) atoms. The first-order valence-corrected chi connectivity index (χ1v) is 10.7. The van der Waals surface area contributed by atoms with Crippen LogP contribution in [-0.2, 0) is 6.42 Å². The van der Waals surface area contributed by atoms with Gasteiger partial charge in [-0.25, -0.2) is 0 Å². The fraction of sp³-hybridized carbons (Fsp3) is 0.167. The zero-order valence-electron chi connectivity index (χ0n) is 17.7. The Bertz CT molecular complexity index is 1460. The van der Waals surface area contributed by atoms with E-state index in [9.17, 15) is 9.59 Å². The van der Waals surface area contributed by atoms with E-state index < -0.39 is 5.56 Å². The summed E-state index contributed by atoms with van der Waals surface area (Å²) in [4.78, 5) is 29.7. The molecular formula is C24H21N3O4S. The topological polar surface area (TPSA) is 82.8 Å². The molecule has 0 amide bonds. The van der Waals surface area contributed by atoms with Crippen LogP contribution in [0.3, 0.4) is 0 Å². The monoisotopic (exact) mass is 447 g/mol. The van der Waals surface area contributed by atoms with Gasteiger partial charge < -0.3 is 9.47 Å². The summed E-state index contributed by atoms with van der Waals surface area (Å²) in [6.45, 7) is 5.99. The molecule has 162 valence electrons. The summed E-state index contributed by atoms with van der Waals surface area (Å²) in [6, 6.07) is 13.2. The van der Waals surface area contributed by atoms with E-state index in [0.717, 1.165) is 28.0 Å². The highest BCUT2D eigenvalue weighted by molar-refractivity contribution is 7.15. The number of benzene rings is 2. The molecule has 2 heterocycles. The highest BCUT2D eigenvalue weighted by Gasteiger charge is 2.12. The van der Waals surface area contributed by atoms with Crippen LogP contribution in [0, 0.1) is 6.92 Å². The minimum absolute atomic E-state index is 0.234. The lowest BCUT2D eigenvalue weighted by Gasteiger charge is -2.09. The fourth-order valence-electron chi connectivity index (χ4n) is 3.14. The molecule has 0 spiro atoms. The molecule has 4 rings (SSSR count). The second-order valence-electron chi connectivity index (χ2n) is 7.15. The van der Waals surface area contributed by atoms with Gasteiger partial charge in [0.05, 0.1) is 11.6 Å². The maximum atomic E-state index is 12.9. The van der Waals surface area contributed by atoms with E-state index in [4.69, 9.17) is 9.47 Å². The molecule has 8 heteroatoms. The molecule has 0 aliphatic carbocycles. The second-order valence-corrected chi connectivity index (χ2v) is 8.16. The predicted molar refractivity (Wildman–Crippen MR) is 125 cm³/mol. The number of ether oxygens (including phenoxy) is 2. The third-order valence-corrected chi connectivity index (χ3v) is 5.74. The molecule has 7 nitrogen and oxygen atoms in total. The molecule has 2 aromatic carbocycles. The van der Waals surface area contributed by atoms with Gasteiger partial charge in [0.2, 0.25) is 4.96 Å². The normalized spacial score (nSPS) is 11.6. The molecule has 0 unspecified atom stereocenters. The van der Waals surface area contributed by atoms with Crippen LogP contribution in [0.2, 0.25) is 0 Å². The van der Waals surface area contributed by atoms with Crippen molar-refractivity contribution in [2.75, 3.05) is 13.7 Å². The van der Waals surface area contributed by atoms with E-state index in [0.29, 0.717) is 29.1 Å². The average molecular weight is 448 g/mol. The number of methoxy groups -OCH3 is 1. The van der Waals surface area contributed by atoms with Gasteiger partial charge in [0.25, 0.3) is 11.1 Å². The lowest BCUT2D eigenvalue weighted by molar-refractivity contribution is 0.326. The second kappa shape index (κ2) is 9.15. The molecule has 0 fully saturated rings. The summed E-state index contributed by atoms with van der Waals surface area (Å²) in [5, 5.41) is 4.30. The summed E-state index contributed by atoms with van der Waals surface area (Å²) < 4.78 is 12.6. The minimum atomic E-state index is -0.427. The molecular weight excluding hydrogens is 426 g/mol. The first-order chi connectivity index (χ1) is 15.5. The zero-order chi connectivity index (χ0) is 22.7. The van der Waals surface area contributed by atoms with Crippen LogP contribution in [0.4, 0.5) is 0 Å². The first-order valence-electron chi connectivity index (χ1n) is 9.90. The molecule has 0 aliphatic rings. The summed E-state index contributed by atoms with van der Waals surface area (Å²) in [5.41, 5.74) is 2.29. The zero-order valence-corrected chi connectivity index (χ0v) is 18.5. The van der Waals surface area contributed by atoms with Crippen molar-refractivity contribution in [2.24, 2.45) is 0 Å². The van der Waals surface area contributed by atoms with Gasteiger partial charge >= 0.3 is 0 Å². The maximum absolute atomic E-state index is 12.9. The van der Waals surface area contributed by atoms with E-state index in [1.165, 1.54) is 4.52 Å². The molecule has 0 aliphatic heterocycles. The number of fused-ring (bicyclic) bond motifs is 1. The molecule has 0 N–H and O–H groups in total. The SMILES string of the molecule is C=CCOc1ccc(C=c2sc3nc(=O)c(Cc4ccc(C)cc4)nn3c2=O)cc1OC. The van der Waals surface area contributed by atoms with Crippen LogP contribution in [0.1, 0.15) is 22.4 Å². The van der Waals surface area contributed by atoms with Crippen molar-refractivity contribution in [3.8, 4) is 11.5 Å². The number of thiazole rings is 1. The summed E-state index contributed by atoms with van der Waals surface area (Å²) in [6.07, 6.45) is 3.68. The largest absolute Gasteiger partial charge is 0.493 e. The summed E-state index contributed by atoms with van der Waals surface area (Å²) in [5.74, 6) is 1.12. The average Bonchev–Trinajstić information content (AvgIpc) is 3.08. The summed E-state index contributed by atoms with van der Waals surface area (Å²) in [7, 11) is 1.55. The lowest BCUT2D eigenvalue weighted by atomic mass is 10.1. The van der Waals surface area contributed by atoms with Crippen molar-refractivity contribution in [2.45, 2.75) is 13.3 Å². The molecule has 0 atom stereocenters. The number of nitrogens with zero attached hydrogens (tertiary/aromatic N) is 3. The number of aryl methyl sites for hydroxylation is 1. The van der Waals surface area contributed by atoms with E-state index in [1.807, 2.05) is 37.3 Å². The van der Waals surface area contributed by atoms with Crippen molar-refractivity contribution in [1.29, 1.82) is 0 Å². The third kappa shape index (κ3) is 4.45. The molecule has 0 saturated heterocycles. The lowest BCUT2D eigenvalue weighted by Crippen LogP contribution is -2.28. The number of hydrogen-bond donors (Lipinski definition) is 0. The predicted octanol–water partition coefficient (Wildman–Crippen LogP) is 2.53. The van der Waals surface area contributed by atoms with Crippen LogP contribution in [0.15, 0.2) is 64.7 Å². The Balaban J connectivity index is 1.73. The molecule has 4 aromatic rings. The van der Waals surface area contributed by atoms with Gasteiger partial charge in [0, 0.05) is 6.42 Å². The van der Waals surface area contributed by atoms with E-state index in [1.54, 1.807) is 31.4 Å². The van der Waals surface area contributed by atoms with Gasteiger partial charge in [-0.2, -0.15) is 14.6 Å². The van der Waals surface area contributed by atoms with Crippen LogP contribution in [-0.4, -0.2) is 28.3 Å². The van der Waals surface area contributed by atoms with Gasteiger partial charge in [-0.05, 0) is 36.3 Å². The van der Waals surface area contributed by atoms with Crippen molar-refractivity contribution in [3.05, 3.63) is 103 Å². The van der Waals surface area contributed by atoms with E-state index >= 15 is 0 Å². The summed E-state index contributed by atoms with van der Waals surface area (Å²) >= 11 is 1.12. The number of hydrogen-bond acceptors (Lipinski definition) is 7. The number of rotatable bonds is 7. The van der Waals surface area contributed by atoms with Crippen LogP contribution < -0.4 is 25.1 Å². The Hall–Kier alpha value is -3.78. The van der Waals surface area contributed by atoms with Crippen molar-refractivity contribution < 1.29 is 9.47 Å². The fourth-order valence-corrected chi connectivity index (χ4v) is 4.05. The Morgan fingerprint density at radius 1 is 1.12 bits per heavy atom. The van der Waals surface area contributed by atoms with Crippen molar-refractivity contribution >= 4 is 22.4 Å². The van der Waals surface area contributed by atoms with E-state index in [-0.39, 0.29) is 16.2 Å². The maximum Gasteiger partial charge on any atom is 0.296 e. The van der Waals surface area contributed by atoms with Gasteiger partial charge in [-0.1, -0.05) is 59.9 Å². The minimum Gasteiger partial charge on any atom is -0.493 e. The van der Waals surface area contributed by atoms with Crippen molar-refractivity contribution in [3.63, 3.8) is 0 Å². The Kier molecular flexibility index (Phi) is 6.13. The highest BCUT2D eigenvalue weighted by atomic mass is 32.1. The third-order valence-electron chi connectivity index (χ3n) is 4.78. The van der Waals surface area contributed by atoms with Gasteiger partial charge in [-0.3, -0.25) is 9.59 Å². The van der Waals surface area contributed by atoms with Gasteiger partial charge in [0.1, 0.15) is 12.3 Å². The van der Waals surface area contributed by atoms with Gasteiger partial charge in [-0.15, -0.1) is 0 Å². The van der Waals surface area contributed by atoms with Crippen LogP contribution in [0.25, 0.3) is 11.0 Å².